The van der Waals surface area contributed by atoms with Crippen LogP contribution in [0, 0.1) is 0 Å². The van der Waals surface area contributed by atoms with Crippen molar-refractivity contribution < 1.29 is 9.90 Å². The fourth-order valence-corrected chi connectivity index (χ4v) is 3.66. The number of rotatable bonds is 2. The van der Waals surface area contributed by atoms with Gasteiger partial charge in [0.25, 0.3) is 0 Å². The third-order valence-corrected chi connectivity index (χ3v) is 4.59. The first-order valence-electron chi connectivity index (χ1n) is 7.20. The molecule has 0 aromatic heterocycles. The lowest BCUT2D eigenvalue weighted by Crippen LogP contribution is -2.31. The molecule has 2 N–H and O–H groups in total. The molecule has 0 fully saturated rings. The van der Waals surface area contributed by atoms with Gasteiger partial charge >= 0.3 is 6.09 Å². The zero-order valence-corrected chi connectivity index (χ0v) is 14.0. The monoisotopic (exact) mass is 350 g/mol. The van der Waals surface area contributed by atoms with Crippen LogP contribution >= 0.6 is 23.2 Å². The molecule has 23 heavy (non-hydrogen) atoms. The van der Waals surface area contributed by atoms with Crippen LogP contribution in [0.4, 0.5) is 10.5 Å². The van der Waals surface area contributed by atoms with E-state index >= 15 is 0 Å². The minimum Gasteiger partial charge on any atom is -0.465 e. The van der Waals surface area contributed by atoms with Crippen molar-refractivity contribution >= 4 is 35.0 Å². The summed E-state index contributed by atoms with van der Waals surface area (Å²) in [5.41, 5.74) is 3.76. The highest BCUT2D eigenvalue weighted by molar-refractivity contribution is 6.35. The molecule has 6 heteroatoms. The van der Waals surface area contributed by atoms with E-state index < -0.39 is 6.09 Å². The Labute approximate surface area is 144 Å². The molecular formula is C17H16Cl2N2O2. The van der Waals surface area contributed by atoms with E-state index in [-0.39, 0.29) is 5.92 Å². The van der Waals surface area contributed by atoms with Crippen LogP contribution in [0.1, 0.15) is 22.6 Å². The van der Waals surface area contributed by atoms with Crippen molar-refractivity contribution in [2.75, 3.05) is 18.9 Å². The maximum absolute atomic E-state index is 10.8. The molecule has 2 aromatic carbocycles. The van der Waals surface area contributed by atoms with Crippen LogP contribution in [0.2, 0.25) is 10.0 Å². The highest BCUT2D eigenvalue weighted by atomic mass is 35.5. The third-order valence-electron chi connectivity index (χ3n) is 4.03. The molecule has 2 aromatic rings. The van der Waals surface area contributed by atoms with Gasteiger partial charge in [-0.05, 0) is 48.0 Å². The lowest BCUT2D eigenvalue weighted by atomic mass is 9.84. The summed E-state index contributed by atoms with van der Waals surface area (Å²) in [6.45, 7) is 1.59. The van der Waals surface area contributed by atoms with Crippen molar-refractivity contribution in [1.82, 2.24) is 4.90 Å². The SMILES string of the molecule is CN1Cc2c(Cl)cc(Cl)cc2C(c2cccc(NC(=O)O)c2)C1. The summed E-state index contributed by atoms with van der Waals surface area (Å²) in [6, 6.07) is 11.2. The van der Waals surface area contributed by atoms with Crippen molar-refractivity contribution in [2.24, 2.45) is 0 Å². The van der Waals surface area contributed by atoms with Gasteiger partial charge in [-0.1, -0.05) is 35.3 Å². The fourth-order valence-electron chi connectivity index (χ4n) is 3.09. The second kappa shape index (κ2) is 6.40. The predicted molar refractivity (Wildman–Crippen MR) is 92.7 cm³/mol. The van der Waals surface area contributed by atoms with Crippen molar-refractivity contribution in [3.8, 4) is 0 Å². The number of halogens is 2. The molecule has 0 radical (unpaired) electrons. The summed E-state index contributed by atoms with van der Waals surface area (Å²) in [4.78, 5) is 13.0. The molecule has 4 nitrogen and oxygen atoms in total. The summed E-state index contributed by atoms with van der Waals surface area (Å²) in [6.07, 6.45) is -1.07. The Hall–Kier alpha value is -1.75. The zero-order chi connectivity index (χ0) is 16.6. The molecule has 1 unspecified atom stereocenters. The molecule has 0 bridgehead atoms. The Balaban J connectivity index is 2.06. The summed E-state index contributed by atoms with van der Waals surface area (Å²) < 4.78 is 0. The molecule has 0 spiro atoms. The summed E-state index contributed by atoms with van der Waals surface area (Å²) in [7, 11) is 2.04. The van der Waals surface area contributed by atoms with Crippen LogP contribution in [-0.4, -0.2) is 29.7 Å². The van der Waals surface area contributed by atoms with Gasteiger partial charge in [0.1, 0.15) is 0 Å². The van der Waals surface area contributed by atoms with Crippen molar-refractivity contribution in [3.05, 3.63) is 63.1 Å². The lowest BCUT2D eigenvalue weighted by Gasteiger charge is -2.33. The Morgan fingerprint density at radius 1 is 1.30 bits per heavy atom. The van der Waals surface area contributed by atoms with Gasteiger partial charge in [-0.25, -0.2) is 4.79 Å². The second-order valence-electron chi connectivity index (χ2n) is 5.76. The molecule has 1 amide bonds. The predicted octanol–water partition coefficient (Wildman–Crippen LogP) is 4.66. The molecule has 1 heterocycles. The second-order valence-corrected chi connectivity index (χ2v) is 6.60. The number of hydrogen-bond acceptors (Lipinski definition) is 2. The van der Waals surface area contributed by atoms with Crippen LogP contribution < -0.4 is 5.32 Å². The van der Waals surface area contributed by atoms with Gasteiger partial charge < -0.3 is 10.0 Å². The van der Waals surface area contributed by atoms with Gasteiger partial charge in [0.2, 0.25) is 0 Å². The van der Waals surface area contributed by atoms with E-state index in [2.05, 4.69) is 10.2 Å². The van der Waals surface area contributed by atoms with Crippen LogP contribution in [0.15, 0.2) is 36.4 Å². The maximum Gasteiger partial charge on any atom is 0.409 e. The van der Waals surface area contributed by atoms with E-state index in [1.54, 1.807) is 12.1 Å². The minimum atomic E-state index is -1.07. The average Bonchev–Trinajstić information content (AvgIpc) is 2.47. The van der Waals surface area contributed by atoms with Crippen LogP contribution in [0.3, 0.4) is 0 Å². The van der Waals surface area contributed by atoms with E-state index in [4.69, 9.17) is 28.3 Å². The number of carbonyl (C=O) groups is 1. The van der Waals surface area contributed by atoms with Crippen LogP contribution in [-0.2, 0) is 6.54 Å². The largest absolute Gasteiger partial charge is 0.465 e. The van der Waals surface area contributed by atoms with E-state index in [9.17, 15) is 4.79 Å². The molecule has 120 valence electrons. The molecule has 1 aliphatic heterocycles. The first-order valence-corrected chi connectivity index (χ1v) is 7.96. The van der Waals surface area contributed by atoms with E-state index in [1.165, 1.54) is 0 Å². The summed E-state index contributed by atoms with van der Waals surface area (Å²) >= 11 is 12.5. The quantitative estimate of drug-likeness (QED) is 0.827. The Kier molecular flexibility index (Phi) is 4.48. The molecular weight excluding hydrogens is 335 g/mol. The summed E-state index contributed by atoms with van der Waals surface area (Å²) in [5.74, 6) is 0.0931. The Morgan fingerprint density at radius 3 is 2.83 bits per heavy atom. The molecule has 0 aliphatic carbocycles. The molecule has 3 rings (SSSR count). The number of likely N-dealkylation sites (N-methyl/N-ethyl adjacent to an activating group) is 1. The molecule has 0 saturated carbocycles. The van der Waals surface area contributed by atoms with Crippen molar-refractivity contribution in [3.63, 3.8) is 0 Å². The van der Waals surface area contributed by atoms with Crippen LogP contribution in [0.25, 0.3) is 0 Å². The van der Waals surface area contributed by atoms with Crippen LogP contribution in [0.5, 0.6) is 0 Å². The van der Waals surface area contributed by atoms with Crippen molar-refractivity contribution in [1.29, 1.82) is 0 Å². The van der Waals surface area contributed by atoms with Gasteiger partial charge in [-0.3, -0.25) is 5.32 Å². The third kappa shape index (κ3) is 3.44. The maximum atomic E-state index is 10.8. The smallest absolute Gasteiger partial charge is 0.409 e. The normalized spacial score (nSPS) is 17.6. The first-order chi connectivity index (χ1) is 10.9. The highest BCUT2D eigenvalue weighted by Crippen LogP contribution is 2.38. The molecule has 1 aliphatic rings. The van der Waals surface area contributed by atoms with E-state index in [0.29, 0.717) is 15.7 Å². The number of benzene rings is 2. The van der Waals surface area contributed by atoms with Gasteiger partial charge in [0.05, 0.1) is 0 Å². The zero-order valence-electron chi connectivity index (χ0n) is 12.5. The standard InChI is InChI=1S/C17H16Cl2N2O2/c1-21-8-14(10-3-2-4-12(5-10)20-17(22)23)13-6-11(18)7-16(19)15(13)9-21/h2-7,14,20H,8-9H2,1H3,(H,22,23). The van der Waals surface area contributed by atoms with E-state index in [0.717, 1.165) is 29.8 Å². The average molecular weight is 351 g/mol. The topological polar surface area (TPSA) is 52.6 Å². The van der Waals surface area contributed by atoms with Crippen molar-refractivity contribution in [2.45, 2.75) is 12.5 Å². The number of fused-ring (bicyclic) bond motifs is 1. The van der Waals surface area contributed by atoms with Gasteiger partial charge in [-0.2, -0.15) is 0 Å². The minimum absolute atomic E-state index is 0.0931. The highest BCUT2D eigenvalue weighted by Gasteiger charge is 2.27. The van der Waals surface area contributed by atoms with E-state index in [1.807, 2.05) is 31.3 Å². The Bertz CT molecular complexity index is 764. The Morgan fingerprint density at radius 2 is 2.09 bits per heavy atom. The number of anilines is 1. The van der Waals surface area contributed by atoms with Gasteiger partial charge in [-0.15, -0.1) is 0 Å². The number of hydrogen-bond donors (Lipinski definition) is 2. The lowest BCUT2D eigenvalue weighted by molar-refractivity contribution is 0.209. The number of amides is 1. The number of nitrogens with zero attached hydrogens (tertiary/aromatic N) is 1. The first kappa shape index (κ1) is 16.1. The van der Waals surface area contributed by atoms with Gasteiger partial charge in [0.15, 0.2) is 0 Å². The fraction of sp³-hybridized carbons (Fsp3) is 0.235. The number of carboxylic acid groups (broad SMARTS) is 1. The summed E-state index contributed by atoms with van der Waals surface area (Å²) in [5, 5.41) is 12.6. The number of nitrogens with one attached hydrogen (secondary N) is 1. The molecule has 0 saturated heterocycles. The van der Waals surface area contributed by atoms with Gasteiger partial charge in [0, 0.05) is 34.7 Å². The molecule has 1 atom stereocenters.